The molecule has 1 aromatic carbocycles. The average molecular weight is 287 g/mol. The Balaban J connectivity index is 1.88. The number of fused-ring (bicyclic) bond motifs is 1. The van der Waals surface area contributed by atoms with Crippen LogP contribution in [0.2, 0.25) is 0 Å². The summed E-state index contributed by atoms with van der Waals surface area (Å²) in [5, 5.41) is 11.8. The van der Waals surface area contributed by atoms with Crippen LogP contribution in [-0.4, -0.2) is 16.0 Å². The van der Waals surface area contributed by atoms with Gasteiger partial charge in [-0.15, -0.1) is 0 Å². The molecule has 2 heterocycles. The number of aromatic amines is 1. The van der Waals surface area contributed by atoms with Gasteiger partial charge in [-0.05, 0) is 42.7 Å². The van der Waals surface area contributed by atoms with Crippen molar-refractivity contribution in [1.29, 1.82) is 0 Å². The number of hydrogen-bond donors (Lipinski definition) is 2. The van der Waals surface area contributed by atoms with Crippen LogP contribution in [-0.2, 0) is 0 Å². The third kappa shape index (κ3) is 2.91. The number of aliphatic imine (C=N–C) groups is 1. The van der Waals surface area contributed by atoms with E-state index in [0.717, 1.165) is 28.8 Å². The third-order valence-electron chi connectivity index (χ3n) is 3.18. The van der Waals surface area contributed by atoms with Crippen molar-refractivity contribution in [2.45, 2.75) is 13.3 Å². The van der Waals surface area contributed by atoms with Crippen LogP contribution in [0.1, 0.15) is 13.3 Å². The first-order valence-electron chi connectivity index (χ1n) is 6.53. The monoisotopic (exact) mass is 286 g/mol. The lowest BCUT2D eigenvalue weighted by molar-refractivity contribution is 0.742. The molecule has 5 heteroatoms. The fourth-order valence-electron chi connectivity index (χ4n) is 2.05. The minimum atomic E-state index is 0.451. The van der Waals surface area contributed by atoms with Crippen molar-refractivity contribution >= 4 is 34.0 Å². The maximum absolute atomic E-state index is 6.08. The number of allylic oxidation sites excluding steroid dienone is 2. The van der Waals surface area contributed by atoms with Crippen molar-refractivity contribution in [2.24, 2.45) is 10.9 Å². The van der Waals surface area contributed by atoms with Crippen LogP contribution in [0.25, 0.3) is 10.9 Å². The van der Waals surface area contributed by atoms with Gasteiger partial charge in [0.1, 0.15) is 11.0 Å². The van der Waals surface area contributed by atoms with E-state index in [1.807, 2.05) is 30.4 Å². The summed E-state index contributed by atoms with van der Waals surface area (Å²) in [6.07, 6.45) is 8.75. The molecule has 0 spiro atoms. The molecule has 1 aliphatic rings. The standard InChI is InChI=1S/C15H15ClN4/c1-10-2-6-14(16)19-15(7-3-10)18-12-4-5-13-11(8-12)9-17-20-13/h3-10H,2H2,1H3,(H,17,20)(H,18,19). The zero-order valence-electron chi connectivity index (χ0n) is 11.1. The summed E-state index contributed by atoms with van der Waals surface area (Å²) >= 11 is 6.08. The molecule has 2 aromatic rings. The van der Waals surface area contributed by atoms with Gasteiger partial charge in [0.2, 0.25) is 0 Å². The molecule has 4 nitrogen and oxygen atoms in total. The SMILES string of the molecule is CC1C=CC(Nc2ccc3[nH]ncc3c2)=NC(Cl)=CC1. The lowest BCUT2D eigenvalue weighted by Crippen LogP contribution is -2.10. The van der Waals surface area contributed by atoms with Gasteiger partial charge in [-0.2, -0.15) is 5.10 Å². The van der Waals surface area contributed by atoms with Crippen LogP contribution in [0.5, 0.6) is 0 Å². The van der Waals surface area contributed by atoms with E-state index in [9.17, 15) is 0 Å². The number of hydrogen-bond acceptors (Lipinski definition) is 3. The molecule has 0 fully saturated rings. The number of anilines is 1. The van der Waals surface area contributed by atoms with Crippen molar-refractivity contribution in [2.75, 3.05) is 5.32 Å². The molecule has 0 radical (unpaired) electrons. The Labute approximate surface area is 122 Å². The third-order valence-corrected chi connectivity index (χ3v) is 3.42. The van der Waals surface area contributed by atoms with E-state index in [1.54, 1.807) is 6.20 Å². The summed E-state index contributed by atoms with van der Waals surface area (Å²) in [4.78, 5) is 4.36. The summed E-state index contributed by atoms with van der Waals surface area (Å²) in [6, 6.07) is 5.99. The number of nitrogens with zero attached hydrogens (tertiary/aromatic N) is 2. The van der Waals surface area contributed by atoms with Crippen LogP contribution in [0, 0.1) is 5.92 Å². The Morgan fingerprint density at radius 1 is 1.40 bits per heavy atom. The predicted octanol–water partition coefficient (Wildman–Crippen LogP) is 4.05. The Hall–Kier alpha value is -2.07. The molecule has 1 atom stereocenters. The summed E-state index contributed by atoms with van der Waals surface area (Å²) in [5.74, 6) is 1.19. The molecule has 2 N–H and O–H groups in total. The van der Waals surface area contributed by atoms with Gasteiger partial charge in [-0.3, -0.25) is 5.10 Å². The zero-order chi connectivity index (χ0) is 13.9. The second kappa shape index (κ2) is 5.51. The van der Waals surface area contributed by atoms with Crippen molar-refractivity contribution in [3.8, 4) is 0 Å². The van der Waals surface area contributed by atoms with Crippen molar-refractivity contribution in [1.82, 2.24) is 10.2 Å². The molecule has 1 aromatic heterocycles. The Morgan fingerprint density at radius 3 is 3.20 bits per heavy atom. The van der Waals surface area contributed by atoms with E-state index in [0.29, 0.717) is 11.1 Å². The van der Waals surface area contributed by atoms with Crippen LogP contribution in [0.4, 0.5) is 5.69 Å². The van der Waals surface area contributed by atoms with Gasteiger partial charge in [0.05, 0.1) is 11.7 Å². The predicted molar refractivity (Wildman–Crippen MR) is 84.0 cm³/mol. The molecular weight excluding hydrogens is 272 g/mol. The largest absolute Gasteiger partial charge is 0.340 e. The maximum Gasteiger partial charge on any atom is 0.131 e. The minimum absolute atomic E-state index is 0.451. The van der Waals surface area contributed by atoms with E-state index in [1.165, 1.54) is 0 Å². The first-order chi connectivity index (χ1) is 9.70. The summed E-state index contributed by atoms with van der Waals surface area (Å²) < 4.78 is 0. The fourth-order valence-corrected chi connectivity index (χ4v) is 2.23. The highest BCUT2D eigenvalue weighted by molar-refractivity contribution is 6.30. The summed E-state index contributed by atoms with van der Waals surface area (Å²) in [5.41, 5.74) is 1.97. The molecule has 1 aliphatic heterocycles. The molecule has 20 heavy (non-hydrogen) atoms. The van der Waals surface area contributed by atoms with Gasteiger partial charge >= 0.3 is 0 Å². The smallest absolute Gasteiger partial charge is 0.131 e. The Bertz CT molecular complexity index is 711. The van der Waals surface area contributed by atoms with Crippen molar-refractivity contribution < 1.29 is 0 Å². The lowest BCUT2D eigenvalue weighted by Gasteiger charge is -2.10. The van der Waals surface area contributed by atoms with E-state index < -0.39 is 0 Å². The van der Waals surface area contributed by atoms with Crippen molar-refractivity contribution in [3.05, 3.63) is 47.8 Å². The molecule has 0 bridgehead atoms. The number of rotatable bonds is 1. The first kappa shape index (κ1) is 12.9. The summed E-state index contributed by atoms with van der Waals surface area (Å²) in [6.45, 7) is 2.15. The topological polar surface area (TPSA) is 53.1 Å². The number of amidine groups is 1. The van der Waals surface area contributed by atoms with Gasteiger partial charge in [-0.1, -0.05) is 24.6 Å². The van der Waals surface area contributed by atoms with Crippen LogP contribution in [0.3, 0.4) is 0 Å². The summed E-state index contributed by atoms with van der Waals surface area (Å²) in [7, 11) is 0. The average Bonchev–Trinajstić information content (AvgIpc) is 2.88. The molecule has 1 unspecified atom stereocenters. The number of halogens is 1. The normalized spacial score (nSPS) is 19.2. The van der Waals surface area contributed by atoms with Crippen LogP contribution in [0.15, 0.2) is 52.8 Å². The Morgan fingerprint density at radius 2 is 2.30 bits per heavy atom. The molecule has 0 saturated heterocycles. The first-order valence-corrected chi connectivity index (χ1v) is 6.91. The quantitative estimate of drug-likeness (QED) is 0.777. The van der Waals surface area contributed by atoms with E-state index in [2.05, 4.69) is 33.5 Å². The van der Waals surface area contributed by atoms with E-state index in [4.69, 9.17) is 11.6 Å². The molecule has 0 aliphatic carbocycles. The lowest BCUT2D eigenvalue weighted by atomic mass is 10.1. The van der Waals surface area contributed by atoms with E-state index >= 15 is 0 Å². The van der Waals surface area contributed by atoms with Crippen LogP contribution < -0.4 is 5.32 Å². The maximum atomic E-state index is 6.08. The zero-order valence-corrected chi connectivity index (χ0v) is 11.9. The number of aromatic nitrogens is 2. The number of nitrogens with one attached hydrogen (secondary N) is 2. The highest BCUT2D eigenvalue weighted by Crippen LogP contribution is 2.19. The molecule has 102 valence electrons. The second-order valence-electron chi connectivity index (χ2n) is 4.89. The minimum Gasteiger partial charge on any atom is -0.340 e. The number of benzene rings is 1. The molecule has 0 amide bonds. The van der Waals surface area contributed by atoms with Gasteiger partial charge in [0.15, 0.2) is 0 Å². The van der Waals surface area contributed by atoms with Gasteiger partial charge in [0, 0.05) is 11.1 Å². The van der Waals surface area contributed by atoms with Crippen molar-refractivity contribution in [3.63, 3.8) is 0 Å². The van der Waals surface area contributed by atoms with E-state index in [-0.39, 0.29) is 0 Å². The second-order valence-corrected chi connectivity index (χ2v) is 5.28. The van der Waals surface area contributed by atoms with Gasteiger partial charge < -0.3 is 5.32 Å². The highest BCUT2D eigenvalue weighted by atomic mass is 35.5. The Kier molecular flexibility index (Phi) is 3.56. The molecule has 3 rings (SSSR count). The molecular formula is C15H15ClN4. The number of H-pyrrole nitrogens is 1. The van der Waals surface area contributed by atoms with Crippen LogP contribution >= 0.6 is 11.6 Å². The fraction of sp³-hybridized carbons (Fsp3) is 0.200. The van der Waals surface area contributed by atoms with Gasteiger partial charge in [-0.25, -0.2) is 4.99 Å². The molecule has 0 saturated carbocycles. The highest BCUT2D eigenvalue weighted by Gasteiger charge is 2.05. The van der Waals surface area contributed by atoms with Gasteiger partial charge in [0.25, 0.3) is 0 Å².